The molecule has 0 saturated carbocycles. The summed E-state index contributed by atoms with van der Waals surface area (Å²) in [6.45, 7) is 1.43. The Labute approximate surface area is 113 Å². The Balaban J connectivity index is 2.26. The number of aliphatic carboxylic acids is 1. The van der Waals surface area contributed by atoms with Crippen LogP contribution in [0.2, 0.25) is 0 Å². The highest BCUT2D eigenvalue weighted by atomic mass is 32.1. The van der Waals surface area contributed by atoms with Gasteiger partial charge in [-0.05, 0) is 38.2 Å². The Morgan fingerprint density at radius 3 is 2.95 bits per heavy atom. The number of carboxylic acids is 1. The number of hydrogen-bond acceptors (Lipinski definition) is 5. The zero-order chi connectivity index (χ0) is 13.6. The number of aryl methyl sites for hydroxylation is 2. The molecule has 1 aliphatic rings. The summed E-state index contributed by atoms with van der Waals surface area (Å²) in [6.07, 6.45) is 5.40. The molecule has 0 saturated heterocycles. The van der Waals surface area contributed by atoms with Gasteiger partial charge >= 0.3 is 0 Å². The first-order chi connectivity index (χ1) is 9.09. The molecule has 1 aliphatic carbocycles. The third-order valence-electron chi connectivity index (χ3n) is 3.66. The molecule has 0 amide bonds. The highest BCUT2D eigenvalue weighted by Crippen LogP contribution is 2.33. The van der Waals surface area contributed by atoms with Crippen LogP contribution in [0.4, 0.5) is 0 Å². The van der Waals surface area contributed by atoms with Gasteiger partial charge in [0.15, 0.2) is 0 Å². The van der Waals surface area contributed by atoms with Crippen molar-refractivity contribution in [3.63, 3.8) is 0 Å². The number of carbonyl (C=O) groups excluding carboxylic acids is 1. The normalized spacial score (nSPS) is 16.3. The first kappa shape index (κ1) is 12.3. The maximum atomic E-state index is 12.4. The van der Waals surface area contributed by atoms with Crippen LogP contribution in [0.15, 0.2) is 11.1 Å². The fourth-order valence-electron chi connectivity index (χ4n) is 2.55. The monoisotopic (exact) mass is 277 g/mol. The Bertz CT molecular complexity index is 716. The predicted octanol–water partition coefficient (Wildman–Crippen LogP) is 0.648. The van der Waals surface area contributed by atoms with E-state index in [1.807, 2.05) is 0 Å². The van der Waals surface area contributed by atoms with Crippen molar-refractivity contribution in [2.24, 2.45) is 0 Å². The number of fused-ring (bicyclic) bond motifs is 3. The molecule has 5 nitrogen and oxygen atoms in total. The van der Waals surface area contributed by atoms with Gasteiger partial charge in [0.2, 0.25) is 0 Å². The van der Waals surface area contributed by atoms with Gasteiger partial charge in [0.25, 0.3) is 5.56 Å². The van der Waals surface area contributed by atoms with E-state index in [0.29, 0.717) is 5.39 Å². The van der Waals surface area contributed by atoms with E-state index in [2.05, 4.69) is 4.98 Å². The van der Waals surface area contributed by atoms with Gasteiger partial charge in [-0.15, -0.1) is 11.3 Å². The van der Waals surface area contributed by atoms with Crippen LogP contribution in [-0.4, -0.2) is 15.5 Å². The summed E-state index contributed by atoms with van der Waals surface area (Å²) >= 11 is 1.56. The first-order valence-corrected chi connectivity index (χ1v) is 7.13. The largest absolute Gasteiger partial charge is 0.548 e. The number of aromatic nitrogens is 2. The molecule has 0 aliphatic heterocycles. The van der Waals surface area contributed by atoms with Crippen LogP contribution in [0.5, 0.6) is 0 Å². The van der Waals surface area contributed by atoms with Gasteiger partial charge in [-0.1, -0.05) is 0 Å². The fraction of sp³-hybridized carbons (Fsp3) is 0.462. The first-order valence-electron chi connectivity index (χ1n) is 6.32. The molecule has 2 aromatic rings. The minimum Gasteiger partial charge on any atom is -0.548 e. The zero-order valence-corrected chi connectivity index (χ0v) is 11.3. The summed E-state index contributed by atoms with van der Waals surface area (Å²) in [5.41, 5.74) is 0.810. The van der Waals surface area contributed by atoms with E-state index >= 15 is 0 Å². The van der Waals surface area contributed by atoms with E-state index in [-0.39, 0.29) is 5.56 Å². The molecule has 100 valence electrons. The van der Waals surface area contributed by atoms with Gasteiger partial charge in [-0.3, -0.25) is 9.36 Å². The molecule has 0 radical (unpaired) electrons. The van der Waals surface area contributed by atoms with E-state index in [1.165, 1.54) is 18.1 Å². The number of carbonyl (C=O) groups is 1. The Morgan fingerprint density at radius 1 is 1.47 bits per heavy atom. The summed E-state index contributed by atoms with van der Waals surface area (Å²) in [5.74, 6) is -1.27. The second kappa shape index (κ2) is 4.45. The quantitative estimate of drug-likeness (QED) is 0.807. The molecule has 0 aromatic carbocycles. The molecule has 1 atom stereocenters. The third-order valence-corrected chi connectivity index (χ3v) is 4.86. The van der Waals surface area contributed by atoms with Crippen LogP contribution in [0, 0.1) is 0 Å². The smallest absolute Gasteiger partial charge is 0.262 e. The standard InChI is InChI=1S/C13H14N2O3S/c1-7(13(17)18)15-6-14-11-10(12(15)16)8-4-2-3-5-9(8)19-11/h6-7H,2-5H2,1H3,(H,17,18)/p-1/t7-/m0/s1. The van der Waals surface area contributed by atoms with Gasteiger partial charge in [-0.25, -0.2) is 4.98 Å². The number of carboxylic acid groups (broad SMARTS) is 1. The van der Waals surface area contributed by atoms with Crippen LogP contribution in [0.3, 0.4) is 0 Å². The van der Waals surface area contributed by atoms with E-state index < -0.39 is 12.0 Å². The van der Waals surface area contributed by atoms with Crippen LogP contribution in [0.25, 0.3) is 10.2 Å². The lowest BCUT2D eigenvalue weighted by atomic mass is 9.97. The van der Waals surface area contributed by atoms with E-state index in [1.54, 1.807) is 11.3 Å². The average Bonchev–Trinajstić information content (AvgIpc) is 2.77. The number of hydrogen-bond donors (Lipinski definition) is 0. The van der Waals surface area contributed by atoms with Gasteiger partial charge in [0.1, 0.15) is 4.83 Å². The van der Waals surface area contributed by atoms with Crippen molar-refractivity contribution in [3.05, 3.63) is 27.1 Å². The molecule has 2 heterocycles. The molecular weight excluding hydrogens is 264 g/mol. The minimum absolute atomic E-state index is 0.263. The summed E-state index contributed by atoms with van der Waals surface area (Å²) in [5, 5.41) is 11.5. The minimum atomic E-state index is -1.27. The van der Waals surface area contributed by atoms with Gasteiger partial charge in [0.05, 0.1) is 23.7 Å². The van der Waals surface area contributed by atoms with E-state index in [4.69, 9.17) is 0 Å². The number of rotatable bonds is 2. The average molecular weight is 277 g/mol. The second-order valence-corrected chi connectivity index (χ2v) is 5.93. The molecule has 0 spiro atoms. The molecule has 19 heavy (non-hydrogen) atoms. The van der Waals surface area contributed by atoms with Crippen LogP contribution in [0.1, 0.15) is 36.2 Å². The van der Waals surface area contributed by atoms with Gasteiger partial charge < -0.3 is 9.90 Å². The molecular formula is C13H13N2O3S-. The summed E-state index contributed by atoms with van der Waals surface area (Å²) in [7, 11) is 0. The Hall–Kier alpha value is -1.69. The van der Waals surface area contributed by atoms with E-state index in [9.17, 15) is 14.7 Å². The highest BCUT2D eigenvalue weighted by molar-refractivity contribution is 7.18. The Kier molecular flexibility index (Phi) is 2.89. The molecule has 3 rings (SSSR count). The van der Waals surface area contributed by atoms with Gasteiger partial charge in [0, 0.05) is 4.88 Å². The lowest BCUT2D eigenvalue weighted by Gasteiger charge is -2.15. The molecule has 6 heteroatoms. The topological polar surface area (TPSA) is 75.0 Å². The van der Waals surface area contributed by atoms with Crippen molar-refractivity contribution in [1.82, 2.24) is 9.55 Å². The third kappa shape index (κ3) is 1.87. The fourth-order valence-corrected chi connectivity index (χ4v) is 3.77. The van der Waals surface area contributed by atoms with Gasteiger partial charge in [-0.2, -0.15) is 0 Å². The molecule has 0 unspecified atom stereocenters. The lowest BCUT2D eigenvalue weighted by Crippen LogP contribution is -2.36. The molecule has 0 fully saturated rings. The van der Waals surface area contributed by atoms with Crippen molar-refractivity contribution >= 4 is 27.5 Å². The zero-order valence-electron chi connectivity index (χ0n) is 10.5. The van der Waals surface area contributed by atoms with Crippen molar-refractivity contribution < 1.29 is 9.90 Å². The van der Waals surface area contributed by atoms with Crippen LogP contribution >= 0.6 is 11.3 Å². The highest BCUT2D eigenvalue weighted by Gasteiger charge is 2.21. The maximum Gasteiger partial charge on any atom is 0.262 e. The van der Waals surface area contributed by atoms with Crippen molar-refractivity contribution in [3.8, 4) is 0 Å². The number of thiophene rings is 1. The number of nitrogens with zero attached hydrogens (tertiary/aromatic N) is 2. The molecule has 0 N–H and O–H groups in total. The van der Waals surface area contributed by atoms with Crippen molar-refractivity contribution in [1.29, 1.82) is 0 Å². The molecule has 2 aromatic heterocycles. The lowest BCUT2D eigenvalue weighted by molar-refractivity contribution is -0.309. The summed E-state index contributed by atoms with van der Waals surface area (Å²) in [6, 6.07) is -0.997. The van der Waals surface area contributed by atoms with Crippen LogP contribution in [-0.2, 0) is 17.6 Å². The maximum absolute atomic E-state index is 12.4. The summed E-state index contributed by atoms with van der Waals surface area (Å²) < 4.78 is 1.15. The van der Waals surface area contributed by atoms with E-state index in [0.717, 1.165) is 40.6 Å². The second-order valence-electron chi connectivity index (χ2n) is 4.84. The van der Waals surface area contributed by atoms with Crippen LogP contribution < -0.4 is 10.7 Å². The van der Waals surface area contributed by atoms with Crippen molar-refractivity contribution in [2.75, 3.05) is 0 Å². The SMILES string of the molecule is C[C@@H](C(=O)[O-])n1cnc2sc3c(c2c1=O)CCCC3. The Morgan fingerprint density at radius 2 is 2.21 bits per heavy atom. The predicted molar refractivity (Wildman–Crippen MR) is 70.2 cm³/mol. The molecule has 0 bridgehead atoms. The van der Waals surface area contributed by atoms with Crippen molar-refractivity contribution in [2.45, 2.75) is 38.6 Å². The summed E-state index contributed by atoms with van der Waals surface area (Å²) in [4.78, 5) is 29.6.